The highest BCUT2D eigenvalue weighted by Crippen LogP contribution is 2.42. The summed E-state index contributed by atoms with van der Waals surface area (Å²) >= 11 is 6.32. The van der Waals surface area contributed by atoms with Gasteiger partial charge >= 0.3 is 0 Å². The van der Waals surface area contributed by atoms with E-state index in [1.807, 2.05) is 30.3 Å². The van der Waals surface area contributed by atoms with E-state index >= 15 is 0 Å². The van der Waals surface area contributed by atoms with Gasteiger partial charge in [-0.05, 0) is 76.8 Å². The van der Waals surface area contributed by atoms with E-state index in [0.717, 1.165) is 27.6 Å². The molecule has 2 heterocycles. The maximum atomic E-state index is 14.1. The van der Waals surface area contributed by atoms with Crippen LogP contribution < -0.4 is 11.4 Å². The van der Waals surface area contributed by atoms with Crippen molar-refractivity contribution in [1.82, 2.24) is 9.47 Å². The monoisotopic (exact) mass is 546 g/mol. The maximum Gasteiger partial charge on any atom is 0.251 e. The molecular formula is C30H28ClFN4O3. The Kier molecular flexibility index (Phi) is 7.27. The van der Waals surface area contributed by atoms with Crippen LogP contribution in [0.5, 0.6) is 0 Å². The van der Waals surface area contributed by atoms with Gasteiger partial charge in [-0.2, -0.15) is 5.10 Å². The topological polar surface area (TPSA) is 93.1 Å². The van der Waals surface area contributed by atoms with Gasteiger partial charge in [0.25, 0.3) is 5.56 Å². The van der Waals surface area contributed by atoms with Crippen LogP contribution in [0, 0.1) is 5.82 Å². The highest BCUT2D eigenvalue weighted by atomic mass is 35.5. The zero-order chi connectivity index (χ0) is 27.7. The fourth-order valence-electron chi connectivity index (χ4n) is 5.41. The molecule has 0 saturated heterocycles. The molecule has 0 spiro atoms. The highest BCUT2D eigenvalue weighted by molar-refractivity contribution is 6.30. The lowest BCUT2D eigenvalue weighted by Crippen LogP contribution is -2.48. The molecule has 3 aromatic carbocycles. The van der Waals surface area contributed by atoms with Crippen LogP contribution in [0.15, 0.2) is 89.4 Å². The molecule has 3 N–H and O–H groups in total. The fraction of sp³-hybridized carbons (Fsp3) is 0.200. The van der Waals surface area contributed by atoms with Crippen molar-refractivity contribution in [3.8, 4) is 11.1 Å². The standard InChI is InChI=1S/C30H28ClFN4O3/c1-3-35(2)29(34-33)30(39-14-13-37,21-7-9-24(32)10-8-21)22-15-20-11-12-36-27(38)18-25(26(17-22)28(20)36)19-5-4-6-23(31)16-19/h3-10,15-18,37H,1,11-14,33H2,2H3/b34-29-. The molecule has 4 aromatic rings. The number of nitrogens with zero attached hydrogens (tertiary/aromatic N) is 3. The van der Waals surface area contributed by atoms with E-state index < -0.39 is 11.4 Å². The van der Waals surface area contributed by atoms with Crippen molar-refractivity contribution in [3.05, 3.63) is 117 Å². The first-order chi connectivity index (χ1) is 18.8. The first-order valence-corrected chi connectivity index (χ1v) is 12.8. The second-order valence-electron chi connectivity index (χ2n) is 9.35. The van der Waals surface area contributed by atoms with Crippen LogP contribution in [0.25, 0.3) is 22.0 Å². The average molecular weight is 547 g/mol. The van der Waals surface area contributed by atoms with Crippen molar-refractivity contribution >= 4 is 28.3 Å². The van der Waals surface area contributed by atoms with Gasteiger partial charge in [0.1, 0.15) is 5.82 Å². The van der Waals surface area contributed by atoms with Gasteiger partial charge in [-0.25, -0.2) is 4.39 Å². The van der Waals surface area contributed by atoms with E-state index in [2.05, 4.69) is 11.7 Å². The average Bonchev–Trinajstić information content (AvgIpc) is 3.38. The van der Waals surface area contributed by atoms with E-state index in [1.165, 1.54) is 12.1 Å². The Morgan fingerprint density at radius 3 is 2.67 bits per heavy atom. The largest absolute Gasteiger partial charge is 0.394 e. The molecule has 200 valence electrons. The van der Waals surface area contributed by atoms with E-state index in [-0.39, 0.29) is 24.6 Å². The Labute approximate surface area is 230 Å². The minimum Gasteiger partial charge on any atom is -0.394 e. The number of pyridine rings is 1. The minimum absolute atomic E-state index is 0.0601. The van der Waals surface area contributed by atoms with Gasteiger partial charge in [-0.15, -0.1) is 0 Å². The number of ether oxygens (including phenoxy) is 1. The van der Waals surface area contributed by atoms with Crippen LogP contribution in [0.1, 0.15) is 16.7 Å². The third kappa shape index (κ3) is 4.50. The number of hydrogen-bond acceptors (Lipinski definition) is 5. The first-order valence-electron chi connectivity index (χ1n) is 12.5. The quantitative estimate of drug-likeness (QED) is 0.146. The van der Waals surface area contributed by atoms with Gasteiger partial charge in [0.05, 0.1) is 18.7 Å². The predicted octanol–water partition coefficient (Wildman–Crippen LogP) is 4.62. The van der Waals surface area contributed by atoms with Crippen molar-refractivity contribution < 1.29 is 14.2 Å². The van der Waals surface area contributed by atoms with Crippen LogP contribution in [0.4, 0.5) is 4.39 Å². The Morgan fingerprint density at radius 1 is 1.23 bits per heavy atom. The molecule has 9 heteroatoms. The second kappa shape index (κ2) is 10.6. The molecular weight excluding hydrogens is 519 g/mol. The molecule has 1 aromatic heterocycles. The number of aliphatic hydroxyl groups is 1. The lowest BCUT2D eigenvalue weighted by atomic mass is 9.82. The van der Waals surface area contributed by atoms with Gasteiger partial charge in [0.2, 0.25) is 0 Å². The Bertz CT molecular complexity index is 1650. The molecule has 0 fully saturated rings. The molecule has 0 bridgehead atoms. The van der Waals surface area contributed by atoms with E-state index in [4.69, 9.17) is 22.2 Å². The number of hydrazone groups is 1. The summed E-state index contributed by atoms with van der Waals surface area (Å²) in [5.74, 6) is 5.85. The summed E-state index contributed by atoms with van der Waals surface area (Å²) in [5.41, 5.74) is 2.95. The zero-order valence-corrected chi connectivity index (χ0v) is 22.2. The van der Waals surface area contributed by atoms with Gasteiger partial charge in [-0.1, -0.05) is 42.4 Å². The summed E-state index contributed by atoms with van der Waals surface area (Å²) in [6.45, 7) is 4.07. The molecule has 1 aliphatic heterocycles. The SMILES string of the molecule is C=CN(C)/C(=N\N)C(OCCO)(c1ccc(F)cc1)c1cc2c3c(c1)c(-c1cccc(Cl)c1)cc(=O)n3CC2. The van der Waals surface area contributed by atoms with Gasteiger partial charge in [0.15, 0.2) is 11.4 Å². The van der Waals surface area contributed by atoms with E-state index in [0.29, 0.717) is 29.1 Å². The number of benzene rings is 3. The van der Waals surface area contributed by atoms with Crippen molar-refractivity contribution in [2.24, 2.45) is 10.9 Å². The molecule has 0 amide bonds. The van der Waals surface area contributed by atoms with Crippen LogP contribution in [0.3, 0.4) is 0 Å². The number of nitrogens with two attached hydrogens (primary N) is 1. The summed E-state index contributed by atoms with van der Waals surface area (Å²) < 4.78 is 22.3. The number of likely N-dealkylation sites (N-methyl/N-ethyl adjacent to an activating group) is 1. The first kappa shape index (κ1) is 26.6. The second-order valence-corrected chi connectivity index (χ2v) is 9.78. The molecule has 39 heavy (non-hydrogen) atoms. The van der Waals surface area contributed by atoms with Crippen molar-refractivity contribution in [2.75, 3.05) is 20.3 Å². The lowest BCUT2D eigenvalue weighted by molar-refractivity contribution is 0.00650. The molecule has 0 aliphatic carbocycles. The summed E-state index contributed by atoms with van der Waals surface area (Å²) in [6, 6.07) is 18.8. The summed E-state index contributed by atoms with van der Waals surface area (Å²) in [4.78, 5) is 14.8. The Hall–Kier alpha value is -3.98. The predicted molar refractivity (Wildman–Crippen MR) is 152 cm³/mol. The number of aliphatic hydroxyl groups excluding tert-OH is 1. The molecule has 0 saturated carbocycles. The molecule has 1 atom stereocenters. The van der Waals surface area contributed by atoms with Gasteiger partial charge in [-0.3, -0.25) is 4.79 Å². The number of halogens is 2. The molecule has 1 aliphatic rings. The number of hydrogen-bond donors (Lipinski definition) is 2. The third-order valence-corrected chi connectivity index (χ3v) is 7.37. The van der Waals surface area contributed by atoms with Crippen molar-refractivity contribution in [1.29, 1.82) is 0 Å². The van der Waals surface area contributed by atoms with Gasteiger partial charge in [0, 0.05) is 30.1 Å². The smallest absolute Gasteiger partial charge is 0.251 e. The van der Waals surface area contributed by atoms with Crippen molar-refractivity contribution in [3.63, 3.8) is 0 Å². The zero-order valence-electron chi connectivity index (χ0n) is 21.4. The minimum atomic E-state index is -1.45. The Morgan fingerprint density at radius 2 is 2.00 bits per heavy atom. The number of rotatable bonds is 8. The fourth-order valence-corrected chi connectivity index (χ4v) is 5.60. The highest BCUT2D eigenvalue weighted by Gasteiger charge is 2.44. The third-order valence-electron chi connectivity index (χ3n) is 7.14. The molecule has 0 radical (unpaired) electrons. The van der Waals surface area contributed by atoms with E-state index in [9.17, 15) is 14.3 Å². The maximum absolute atomic E-state index is 14.1. The Balaban J connectivity index is 1.91. The van der Waals surface area contributed by atoms with Crippen LogP contribution in [-0.4, -0.2) is 40.7 Å². The van der Waals surface area contributed by atoms with Gasteiger partial charge < -0.3 is 25.2 Å². The van der Waals surface area contributed by atoms with Crippen molar-refractivity contribution in [2.45, 2.75) is 18.6 Å². The number of aromatic nitrogens is 1. The summed E-state index contributed by atoms with van der Waals surface area (Å²) in [7, 11) is 1.73. The normalized spacial score (nSPS) is 14.4. The number of amidine groups is 1. The van der Waals surface area contributed by atoms with Crippen LogP contribution in [-0.2, 0) is 23.3 Å². The number of aryl methyl sites for hydroxylation is 2. The van der Waals surface area contributed by atoms with E-state index in [1.54, 1.807) is 47.0 Å². The summed E-state index contributed by atoms with van der Waals surface area (Å²) in [6.07, 6.45) is 2.17. The molecule has 5 rings (SSSR count). The summed E-state index contributed by atoms with van der Waals surface area (Å²) in [5, 5.41) is 15.3. The van der Waals surface area contributed by atoms with Crippen LogP contribution in [0.2, 0.25) is 5.02 Å². The van der Waals surface area contributed by atoms with Crippen LogP contribution >= 0.6 is 11.6 Å². The molecule has 7 nitrogen and oxygen atoms in total. The lowest BCUT2D eigenvalue weighted by Gasteiger charge is -2.38. The molecule has 1 unspecified atom stereocenters.